The van der Waals surface area contributed by atoms with Crippen molar-refractivity contribution in [3.8, 4) is 0 Å². The number of carbonyl (C=O) groups is 1. The molecule has 2 aliphatic rings. The average Bonchev–Trinajstić information content (AvgIpc) is 2.94. The summed E-state index contributed by atoms with van der Waals surface area (Å²) in [7, 11) is 2.00. The zero-order chi connectivity index (χ0) is 15.2. The molecule has 1 aliphatic heterocycles. The SMILES string of the molecule is CNCC1CCN(C(=O)C(CC2CCCCC2)C(C)C)C1. The fraction of sp³-hybridized carbons (Fsp3) is 0.944. The van der Waals surface area contributed by atoms with Crippen molar-refractivity contribution < 1.29 is 4.79 Å². The van der Waals surface area contributed by atoms with Crippen LogP contribution in [0.2, 0.25) is 0 Å². The van der Waals surface area contributed by atoms with Crippen LogP contribution in [0.3, 0.4) is 0 Å². The van der Waals surface area contributed by atoms with Gasteiger partial charge in [-0.05, 0) is 44.2 Å². The van der Waals surface area contributed by atoms with Crippen LogP contribution in [-0.2, 0) is 4.79 Å². The molecule has 3 heteroatoms. The highest BCUT2D eigenvalue weighted by Gasteiger charge is 2.33. The van der Waals surface area contributed by atoms with E-state index in [1.165, 1.54) is 38.5 Å². The topological polar surface area (TPSA) is 32.3 Å². The fourth-order valence-corrected chi connectivity index (χ4v) is 4.16. The molecule has 2 atom stereocenters. The van der Waals surface area contributed by atoms with Gasteiger partial charge in [0.1, 0.15) is 0 Å². The molecule has 1 saturated carbocycles. The summed E-state index contributed by atoms with van der Waals surface area (Å²) in [6, 6.07) is 0. The van der Waals surface area contributed by atoms with Gasteiger partial charge in [0.15, 0.2) is 0 Å². The van der Waals surface area contributed by atoms with Crippen LogP contribution >= 0.6 is 0 Å². The molecule has 0 radical (unpaired) electrons. The molecule has 1 aliphatic carbocycles. The van der Waals surface area contributed by atoms with Gasteiger partial charge in [0.2, 0.25) is 5.91 Å². The second-order valence-electron chi connectivity index (χ2n) is 7.59. The van der Waals surface area contributed by atoms with Gasteiger partial charge in [-0.3, -0.25) is 4.79 Å². The van der Waals surface area contributed by atoms with Gasteiger partial charge in [0.05, 0.1) is 0 Å². The van der Waals surface area contributed by atoms with E-state index >= 15 is 0 Å². The molecule has 0 aromatic rings. The Hall–Kier alpha value is -0.570. The van der Waals surface area contributed by atoms with Gasteiger partial charge in [-0.1, -0.05) is 46.0 Å². The number of likely N-dealkylation sites (tertiary alicyclic amines) is 1. The first-order valence-corrected chi connectivity index (χ1v) is 9.05. The molecule has 3 nitrogen and oxygen atoms in total. The summed E-state index contributed by atoms with van der Waals surface area (Å²) in [6.45, 7) is 7.43. The van der Waals surface area contributed by atoms with Crippen LogP contribution in [0.25, 0.3) is 0 Å². The monoisotopic (exact) mass is 294 g/mol. The Labute approximate surface area is 130 Å². The van der Waals surface area contributed by atoms with Gasteiger partial charge in [-0.2, -0.15) is 0 Å². The van der Waals surface area contributed by atoms with E-state index in [4.69, 9.17) is 0 Å². The van der Waals surface area contributed by atoms with Gasteiger partial charge in [0, 0.05) is 19.0 Å². The molecule has 1 amide bonds. The van der Waals surface area contributed by atoms with E-state index in [-0.39, 0.29) is 5.92 Å². The van der Waals surface area contributed by atoms with Gasteiger partial charge in [-0.15, -0.1) is 0 Å². The predicted molar refractivity (Wildman–Crippen MR) is 88.1 cm³/mol. The molecule has 1 heterocycles. The fourth-order valence-electron chi connectivity index (χ4n) is 4.16. The van der Waals surface area contributed by atoms with Gasteiger partial charge < -0.3 is 10.2 Å². The first-order valence-electron chi connectivity index (χ1n) is 9.05. The van der Waals surface area contributed by atoms with E-state index in [1.807, 2.05) is 7.05 Å². The minimum Gasteiger partial charge on any atom is -0.342 e. The molecule has 0 spiro atoms. The number of nitrogens with one attached hydrogen (secondary N) is 1. The van der Waals surface area contributed by atoms with Gasteiger partial charge in [-0.25, -0.2) is 0 Å². The molecule has 0 aromatic heterocycles. The first kappa shape index (κ1) is 16.8. The number of hydrogen-bond acceptors (Lipinski definition) is 2. The summed E-state index contributed by atoms with van der Waals surface area (Å²) in [4.78, 5) is 15.1. The number of amides is 1. The molecular formula is C18H34N2O. The van der Waals surface area contributed by atoms with Crippen molar-refractivity contribution in [2.75, 3.05) is 26.7 Å². The van der Waals surface area contributed by atoms with E-state index in [9.17, 15) is 4.79 Å². The summed E-state index contributed by atoms with van der Waals surface area (Å²) in [5, 5.41) is 3.25. The van der Waals surface area contributed by atoms with Crippen LogP contribution in [0, 0.1) is 23.7 Å². The van der Waals surface area contributed by atoms with E-state index in [1.54, 1.807) is 0 Å². The third kappa shape index (κ3) is 4.70. The summed E-state index contributed by atoms with van der Waals surface area (Å²) in [5.41, 5.74) is 0. The van der Waals surface area contributed by atoms with Crippen molar-refractivity contribution in [2.24, 2.45) is 23.7 Å². The Morgan fingerprint density at radius 3 is 2.48 bits per heavy atom. The summed E-state index contributed by atoms with van der Waals surface area (Å²) >= 11 is 0. The number of nitrogens with zero attached hydrogens (tertiary/aromatic N) is 1. The van der Waals surface area contributed by atoms with Crippen LogP contribution in [0.1, 0.15) is 58.8 Å². The maximum atomic E-state index is 12.9. The smallest absolute Gasteiger partial charge is 0.225 e. The minimum atomic E-state index is 0.251. The van der Waals surface area contributed by atoms with Crippen molar-refractivity contribution in [3.63, 3.8) is 0 Å². The lowest BCUT2D eigenvalue weighted by atomic mass is 9.79. The number of rotatable bonds is 6. The highest BCUT2D eigenvalue weighted by atomic mass is 16.2. The quantitative estimate of drug-likeness (QED) is 0.815. The van der Waals surface area contributed by atoms with Crippen molar-refractivity contribution in [2.45, 2.75) is 58.8 Å². The third-order valence-corrected chi connectivity index (χ3v) is 5.52. The maximum absolute atomic E-state index is 12.9. The molecule has 122 valence electrons. The minimum absolute atomic E-state index is 0.251. The van der Waals surface area contributed by atoms with E-state index < -0.39 is 0 Å². The molecule has 1 N–H and O–H groups in total. The van der Waals surface area contributed by atoms with Crippen molar-refractivity contribution in [1.82, 2.24) is 10.2 Å². The zero-order valence-electron chi connectivity index (χ0n) is 14.2. The van der Waals surface area contributed by atoms with Crippen LogP contribution in [0.15, 0.2) is 0 Å². The van der Waals surface area contributed by atoms with Gasteiger partial charge >= 0.3 is 0 Å². The van der Waals surface area contributed by atoms with Crippen LogP contribution in [-0.4, -0.2) is 37.5 Å². The summed E-state index contributed by atoms with van der Waals surface area (Å²) in [5.74, 6) is 2.62. The molecule has 2 rings (SSSR count). The molecule has 0 aromatic carbocycles. The number of carbonyl (C=O) groups excluding carboxylic acids is 1. The lowest BCUT2D eigenvalue weighted by Crippen LogP contribution is -2.38. The standard InChI is InChI=1S/C18H34N2O/c1-14(2)17(11-15-7-5-4-6-8-15)18(21)20-10-9-16(13-20)12-19-3/h14-17,19H,4-13H2,1-3H3. The average molecular weight is 294 g/mol. The Morgan fingerprint density at radius 1 is 1.14 bits per heavy atom. The normalized spacial score (nSPS) is 25.5. The second kappa shape index (κ2) is 8.17. The van der Waals surface area contributed by atoms with Gasteiger partial charge in [0.25, 0.3) is 0 Å². The summed E-state index contributed by atoms with van der Waals surface area (Å²) in [6.07, 6.45) is 9.13. The second-order valence-corrected chi connectivity index (χ2v) is 7.59. The third-order valence-electron chi connectivity index (χ3n) is 5.52. The lowest BCUT2D eigenvalue weighted by Gasteiger charge is -2.31. The van der Waals surface area contributed by atoms with Crippen molar-refractivity contribution in [1.29, 1.82) is 0 Å². The van der Waals surface area contributed by atoms with Crippen LogP contribution < -0.4 is 5.32 Å². The zero-order valence-corrected chi connectivity index (χ0v) is 14.2. The number of hydrogen-bond donors (Lipinski definition) is 1. The van der Waals surface area contributed by atoms with E-state index in [2.05, 4.69) is 24.1 Å². The predicted octanol–water partition coefficient (Wildman–Crippen LogP) is 3.30. The molecular weight excluding hydrogens is 260 g/mol. The molecule has 2 unspecified atom stereocenters. The Kier molecular flexibility index (Phi) is 6.53. The van der Waals surface area contributed by atoms with Crippen molar-refractivity contribution in [3.05, 3.63) is 0 Å². The van der Waals surface area contributed by atoms with E-state index in [0.29, 0.717) is 17.7 Å². The molecule has 21 heavy (non-hydrogen) atoms. The molecule has 1 saturated heterocycles. The first-order chi connectivity index (χ1) is 10.1. The van der Waals surface area contributed by atoms with Crippen molar-refractivity contribution >= 4 is 5.91 Å². The van der Waals surface area contributed by atoms with Crippen LogP contribution in [0.5, 0.6) is 0 Å². The molecule has 0 bridgehead atoms. The Balaban J connectivity index is 1.89. The maximum Gasteiger partial charge on any atom is 0.225 e. The van der Waals surface area contributed by atoms with Crippen LogP contribution in [0.4, 0.5) is 0 Å². The Bertz CT molecular complexity index is 323. The highest BCUT2D eigenvalue weighted by molar-refractivity contribution is 5.79. The van der Waals surface area contributed by atoms with E-state index in [0.717, 1.165) is 32.0 Å². The molecule has 2 fully saturated rings. The lowest BCUT2D eigenvalue weighted by molar-refractivity contribution is -0.136. The summed E-state index contributed by atoms with van der Waals surface area (Å²) < 4.78 is 0. The Morgan fingerprint density at radius 2 is 1.86 bits per heavy atom. The largest absolute Gasteiger partial charge is 0.342 e. The highest BCUT2D eigenvalue weighted by Crippen LogP contribution is 2.33.